The second-order valence-corrected chi connectivity index (χ2v) is 6.87. The highest BCUT2D eigenvalue weighted by Gasteiger charge is 2.42. The number of nitrogens with zero attached hydrogens (tertiary/aromatic N) is 2. The lowest BCUT2D eigenvalue weighted by Crippen LogP contribution is -2.33. The minimum Gasteiger partial charge on any atom is -0.338 e. The summed E-state index contributed by atoms with van der Waals surface area (Å²) in [7, 11) is 0. The first-order valence-corrected chi connectivity index (χ1v) is 8.61. The summed E-state index contributed by atoms with van der Waals surface area (Å²) in [6.45, 7) is 1.39. The average molecular weight is 358 g/mol. The van der Waals surface area contributed by atoms with Gasteiger partial charge >= 0.3 is 0 Å². The molecule has 1 saturated carbocycles. The summed E-state index contributed by atoms with van der Waals surface area (Å²) in [6.07, 6.45) is 3.89. The molecule has 126 valence electrons. The lowest BCUT2D eigenvalue weighted by Gasteiger charge is -2.19. The molecule has 1 heterocycles. The molecule has 1 saturated heterocycles. The molecule has 1 aliphatic heterocycles. The summed E-state index contributed by atoms with van der Waals surface area (Å²) in [5.74, 6) is 0.737. The highest BCUT2D eigenvalue weighted by Crippen LogP contribution is 2.38. The predicted octanol–water partition coefficient (Wildman–Crippen LogP) is 2.55. The van der Waals surface area contributed by atoms with Crippen molar-refractivity contribution in [2.24, 2.45) is 17.6 Å². The van der Waals surface area contributed by atoms with Gasteiger partial charge in [-0.1, -0.05) is 0 Å². The summed E-state index contributed by atoms with van der Waals surface area (Å²) in [5, 5.41) is 11.1. The van der Waals surface area contributed by atoms with Crippen LogP contribution in [0.1, 0.15) is 23.2 Å². The van der Waals surface area contributed by atoms with E-state index >= 15 is 0 Å². The minimum absolute atomic E-state index is 0. The molecule has 2 N–H and O–H groups in total. The molecule has 0 bridgehead atoms. The van der Waals surface area contributed by atoms with Crippen LogP contribution in [0.3, 0.4) is 0 Å². The number of thioether (sulfide) groups is 1. The van der Waals surface area contributed by atoms with E-state index in [4.69, 9.17) is 5.73 Å². The van der Waals surface area contributed by atoms with Gasteiger partial charge < -0.3 is 10.6 Å². The number of likely N-dealkylation sites (tertiary alicyclic amines) is 1. The van der Waals surface area contributed by atoms with E-state index in [0.29, 0.717) is 28.8 Å². The lowest BCUT2D eigenvalue weighted by molar-refractivity contribution is -0.387. The zero-order chi connectivity index (χ0) is 15.9. The van der Waals surface area contributed by atoms with Gasteiger partial charge in [0.05, 0.1) is 9.82 Å². The first-order valence-electron chi connectivity index (χ1n) is 7.38. The van der Waals surface area contributed by atoms with Gasteiger partial charge in [0.15, 0.2) is 0 Å². The first kappa shape index (κ1) is 18.0. The maximum Gasteiger partial charge on any atom is 0.283 e. The highest BCUT2D eigenvalue weighted by atomic mass is 35.5. The van der Waals surface area contributed by atoms with E-state index < -0.39 is 4.92 Å². The second-order valence-electron chi connectivity index (χ2n) is 6.02. The minimum atomic E-state index is -0.433. The van der Waals surface area contributed by atoms with Crippen molar-refractivity contribution in [2.75, 3.05) is 19.3 Å². The van der Waals surface area contributed by atoms with Crippen LogP contribution in [0.4, 0.5) is 5.69 Å². The van der Waals surface area contributed by atoms with E-state index in [0.717, 1.165) is 19.4 Å². The molecule has 3 rings (SSSR count). The molecule has 6 nitrogen and oxygen atoms in total. The smallest absolute Gasteiger partial charge is 0.283 e. The van der Waals surface area contributed by atoms with Gasteiger partial charge in [-0.05, 0) is 43.1 Å². The molecule has 0 aromatic heterocycles. The number of nitro groups is 1. The van der Waals surface area contributed by atoms with Gasteiger partial charge in [-0.3, -0.25) is 14.9 Å². The zero-order valence-corrected chi connectivity index (χ0v) is 14.4. The van der Waals surface area contributed by atoms with Gasteiger partial charge in [0.2, 0.25) is 0 Å². The Balaban J connectivity index is 0.00000192. The van der Waals surface area contributed by atoms with Crippen molar-refractivity contribution in [3.8, 4) is 0 Å². The molecular weight excluding hydrogens is 338 g/mol. The van der Waals surface area contributed by atoms with Crippen LogP contribution < -0.4 is 5.73 Å². The molecule has 1 amide bonds. The number of carbonyl (C=O) groups excluding carboxylic acids is 1. The highest BCUT2D eigenvalue weighted by molar-refractivity contribution is 7.98. The summed E-state index contributed by atoms with van der Waals surface area (Å²) in [6, 6.07) is 4.90. The third-order valence-electron chi connectivity index (χ3n) is 4.82. The normalized spacial score (nSPS) is 25.8. The fraction of sp³-hybridized carbons (Fsp3) is 0.533. The molecule has 1 aliphatic carbocycles. The SMILES string of the molecule is CSc1ccc(C(=O)N2CC3CCC(N)C3C2)cc1[N+](=O)[O-].Cl. The second kappa shape index (κ2) is 7.07. The predicted molar refractivity (Wildman–Crippen MR) is 92.2 cm³/mol. The van der Waals surface area contributed by atoms with E-state index in [-0.39, 0.29) is 30.0 Å². The average Bonchev–Trinajstić information content (AvgIpc) is 3.08. The van der Waals surface area contributed by atoms with Crippen LogP contribution in [0.2, 0.25) is 0 Å². The maximum absolute atomic E-state index is 12.6. The van der Waals surface area contributed by atoms with Gasteiger partial charge in [-0.25, -0.2) is 0 Å². The number of rotatable bonds is 3. The van der Waals surface area contributed by atoms with Gasteiger partial charge in [-0.2, -0.15) is 0 Å². The summed E-state index contributed by atoms with van der Waals surface area (Å²) < 4.78 is 0. The Bertz CT molecular complexity index is 628. The van der Waals surface area contributed by atoms with Crippen molar-refractivity contribution < 1.29 is 9.72 Å². The number of carbonyl (C=O) groups is 1. The molecule has 3 atom stereocenters. The van der Waals surface area contributed by atoms with Crippen LogP contribution in [0.5, 0.6) is 0 Å². The molecule has 0 spiro atoms. The van der Waals surface area contributed by atoms with Crippen LogP contribution in [-0.4, -0.2) is 41.1 Å². The molecule has 2 fully saturated rings. The van der Waals surface area contributed by atoms with Crippen molar-refractivity contribution in [3.63, 3.8) is 0 Å². The summed E-state index contributed by atoms with van der Waals surface area (Å²) in [4.78, 5) is 25.7. The molecular formula is C15H20ClN3O3S. The monoisotopic (exact) mass is 357 g/mol. The Morgan fingerprint density at radius 1 is 1.39 bits per heavy atom. The van der Waals surface area contributed by atoms with E-state index in [9.17, 15) is 14.9 Å². The molecule has 8 heteroatoms. The van der Waals surface area contributed by atoms with E-state index in [1.54, 1.807) is 23.3 Å². The fourth-order valence-corrected chi connectivity index (χ4v) is 4.17. The Kier molecular flexibility index (Phi) is 5.54. The standard InChI is InChI=1S/C15H19N3O3S.ClH/c1-22-14-5-3-9(6-13(14)18(20)21)15(19)17-7-10-2-4-12(16)11(10)8-17;/h3,5-6,10-12H,2,4,7-8,16H2,1H3;1H. The van der Waals surface area contributed by atoms with Gasteiger partial charge in [0, 0.05) is 30.8 Å². The Morgan fingerprint density at radius 2 is 2.13 bits per heavy atom. The number of nitro benzene ring substituents is 1. The van der Waals surface area contributed by atoms with Crippen LogP contribution in [-0.2, 0) is 0 Å². The largest absolute Gasteiger partial charge is 0.338 e. The van der Waals surface area contributed by atoms with E-state index in [1.807, 2.05) is 0 Å². The third kappa shape index (κ3) is 3.32. The van der Waals surface area contributed by atoms with Crippen LogP contribution in [0, 0.1) is 22.0 Å². The maximum atomic E-state index is 12.6. The van der Waals surface area contributed by atoms with Crippen molar-refractivity contribution in [3.05, 3.63) is 33.9 Å². The van der Waals surface area contributed by atoms with E-state index in [1.165, 1.54) is 17.8 Å². The van der Waals surface area contributed by atoms with Crippen LogP contribution in [0.15, 0.2) is 23.1 Å². The van der Waals surface area contributed by atoms with E-state index in [2.05, 4.69) is 0 Å². The van der Waals surface area contributed by atoms with Gasteiger partial charge in [0.25, 0.3) is 11.6 Å². The molecule has 1 aromatic rings. The number of hydrogen-bond acceptors (Lipinski definition) is 5. The molecule has 2 aliphatic rings. The van der Waals surface area contributed by atoms with Crippen molar-refractivity contribution >= 4 is 35.8 Å². The zero-order valence-electron chi connectivity index (χ0n) is 12.8. The molecule has 23 heavy (non-hydrogen) atoms. The quantitative estimate of drug-likeness (QED) is 0.510. The first-order chi connectivity index (χ1) is 10.5. The third-order valence-corrected chi connectivity index (χ3v) is 5.61. The van der Waals surface area contributed by atoms with Gasteiger partial charge in [0.1, 0.15) is 0 Å². The Labute approximate surface area is 145 Å². The Morgan fingerprint density at radius 3 is 2.74 bits per heavy atom. The Hall–Kier alpha value is -1.31. The number of halogens is 1. The topological polar surface area (TPSA) is 89.5 Å². The van der Waals surface area contributed by atoms with Crippen molar-refractivity contribution in [1.29, 1.82) is 0 Å². The number of benzene rings is 1. The molecule has 3 unspecified atom stereocenters. The summed E-state index contributed by atoms with van der Waals surface area (Å²) in [5.41, 5.74) is 6.47. The number of fused-ring (bicyclic) bond motifs is 1. The van der Waals surface area contributed by atoms with Gasteiger partial charge in [-0.15, -0.1) is 24.2 Å². The fourth-order valence-electron chi connectivity index (χ4n) is 3.62. The number of nitrogens with two attached hydrogens (primary N) is 1. The van der Waals surface area contributed by atoms with Crippen molar-refractivity contribution in [1.82, 2.24) is 4.90 Å². The molecule has 0 radical (unpaired) electrons. The van der Waals surface area contributed by atoms with Crippen LogP contribution >= 0.6 is 24.2 Å². The van der Waals surface area contributed by atoms with Crippen LogP contribution in [0.25, 0.3) is 0 Å². The number of hydrogen-bond donors (Lipinski definition) is 1. The van der Waals surface area contributed by atoms with Crippen molar-refractivity contribution in [2.45, 2.75) is 23.8 Å². The lowest BCUT2D eigenvalue weighted by atomic mass is 9.98. The number of amides is 1. The summed E-state index contributed by atoms with van der Waals surface area (Å²) >= 11 is 1.31. The molecule has 1 aromatic carbocycles.